The van der Waals surface area contributed by atoms with E-state index in [2.05, 4.69) is 10.0 Å². The van der Waals surface area contributed by atoms with E-state index in [4.69, 9.17) is 27.5 Å². The number of sulfonamides is 1. The van der Waals surface area contributed by atoms with Gasteiger partial charge in [0.2, 0.25) is 5.91 Å². The molecule has 0 radical (unpaired) electrons. The standard InChI is InChI=1S/C26H29ClN4O4S/c1-17-13-21(16-22(14-17)35-12-11-19-7-9-20(10-8-19)26(28)29)30-18(2)15-25(32)31-36(33,34)24-6-4-3-5-23(24)27/h3-10,13-14,16,18,30H,11-12,15H2,1-2H3,(H3,28,29)(H,31,32). The number of benzene rings is 3. The van der Waals surface area contributed by atoms with Crippen LogP contribution in [0.1, 0.15) is 30.0 Å². The molecule has 0 heterocycles. The molecule has 0 saturated carbocycles. The zero-order valence-corrected chi connectivity index (χ0v) is 21.6. The number of halogens is 1. The van der Waals surface area contributed by atoms with Gasteiger partial charge in [-0.25, -0.2) is 13.1 Å². The molecule has 0 aliphatic rings. The summed E-state index contributed by atoms with van der Waals surface area (Å²) in [6.07, 6.45) is 0.620. The Morgan fingerprint density at radius 3 is 2.47 bits per heavy atom. The van der Waals surface area contributed by atoms with E-state index in [9.17, 15) is 13.2 Å². The molecule has 0 aromatic heterocycles. The van der Waals surface area contributed by atoms with Crippen LogP contribution in [0.2, 0.25) is 5.02 Å². The molecular formula is C26H29ClN4O4S. The number of nitrogens with two attached hydrogens (primary N) is 1. The van der Waals surface area contributed by atoms with Gasteiger partial charge in [0, 0.05) is 36.2 Å². The van der Waals surface area contributed by atoms with E-state index in [1.165, 1.54) is 18.2 Å². The fraction of sp³-hybridized carbons (Fsp3) is 0.231. The van der Waals surface area contributed by atoms with Gasteiger partial charge in [0.1, 0.15) is 16.5 Å². The number of hydrogen-bond donors (Lipinski definition) is 4. The fourth-order valence-corrected chi connectivity index (χ4v) is 5.09. The number of nitrogens with one attached hydrogen (secondary N) is 3. The van der Waals surface area contributed by atoms with Crippen molar-refractivity contribution in [1.29, 1.82) is 5.41 Å². The van der Waals surface area contributed by atoms with Gasteiger partial charge in [0.15, 0.2) is 0 Å². The third-order valence-electron chi connectivity index (χ3n) is 5.25. The molecular weight excluding hydrogens is 500 g/mol. The number of anilines is 1. The summed E-state index contributed by atoms with van der Waals surface area (Å²) in [5, 5.41) is 10.7. The fourth-order valence-electron chi connectivity index (χ4n) is 3.58. The SMILES string of the molecule is Cc1cc(NC(C)CC(=O)NS(=O)(=O)c2ccccc2Cl)cc(OCCc2ccc(C(=N)N)cc2)c1. The highest BCUT2D eigenvalue weighted by Gasteiger charge is 2.21. The molecule has 5 N–H and O–H groups in total. The largest absolute Gasteiger partial charge is 0.493 e. The molecule has 0 bridgehead atoms. The minimum Gasteiger partial charge on any atom is -0.493 e. The van der Waals surface area contributed by atoms with Crippen LogP contribution in [0.4, 0.5) is 5.69 Å². The maximum absolute atomic E-state index is 12.5. The third kappa shape index (κ3) is 7.73. The van der Waals surface area contributed by atoms with Crippen molar-refractivity contribution in [3.63, 3.8) is 0 Å². The first-order valence-corrected chi connectivity index (χ1v) is 13.1. The molecule has 3 aromatic carbocycles. The first-order valence-electron chi connectivity index (χ1n) is 11.3. The van der Waals surface area contributed by atoms with Gasteiger partial charge in [-0.3, -0.25) is 10.2 Å². The summed E-state index contributed by atoms with van der Waals surface area (Å²) in [6, 6.07) is 18.7. The lowest BCUT2D eigenvalue weighted by molar-refractivity contribution is -0.119. The van der Waals surface area contributed by atoms with Crippen LogP contribution >= 0.6 is 11.6 Å². The molecule has 0 fully saturated rings. The average molecular weight is 529 g/mol. The van der Waals surface area contributed by atoms with E-state index in [0.29, 0.717) is 24.3 Å². The Labute approximate surface area is 216 Å². The summed E-state index contributed by atoms with van der Waals surface area (Å²) in [5.74, 6) is 0.0668. The molecule has 190 valence electrons. The monoisotopic (exact) mass is 528 g/mol. The first-order chi connectivity index (χ1) is 17.0. The number of rotatable bonds is 11. The molecule has 3 rings (SSSR count). The van der Waals surface area contributed by atoms with Gasteiger partial charge in [0.25, 0.3) is 10.0 Å². The summed E-state index contributed by atoms with van der Waals surface area (Å²) in [7, 11) is -4.06. The van der Waals surface area contributed by atoms with Crippen molar-refractivity contribution in [2.24, 2.45) is 5.73 Å². The molecule has 0 aliphatic heterocycles. The molecule has 10 heteroatoms. The highest BCUT2D eigenvalue weighted by molar-refractivity contribution is 7.90. The molecule has 3 aromatic rings. The second-order valence-corrected chi connectivity index (χ2v) is 10.5. The third-order valence-corrected chi connectivity index (χ3v) is 7.13. The van der Waals surface area contributed by atoms with E-state index in [1.54, 1.807) is 13.0 Å². The van der Waals surface area contributed by atoms with Gasteiger partial charge in [0.05, 0.1) is 11.6 Å². The lowest BCUT2D eigenvalue weighted by Gasteiger charge is -2.17. The maximum Gasteiger partial charge on any atom is 0.265 e. The second kappa shape index (κ2) is 11.9. The number of aryl methyl sites for hydroxylation is 1. The minimum absolute atomic E-state index is 0.0338. The number of amidine groups is 1. The van der Waals surface area contributed by atoms with Crippen LogP contribution in [0.3, 0.4) is 0 Å². The summed E-state index contributed by atoms with van der Waals surface area (Å²) >= 11 is 5.96. The summed E-state index contributed by atoms with van der Waals surface area (Å²) in [4.78, 5) is 12.3. The summed E-state index contributed by atoms with van der Waals surface area (Å²) < 4.78 is 32.9. The van der Waals surface area contributed by atoms with Crippen LogP contribution in [-0.4, -0.2) is 32.8 Å². The van der Waals surface area contributed by atoms with E-state index in [-0.39, 0.29) is 28.2 Å². The zero-order valence-electron chi connectivity index (χ0n) is 20.0. The topological polar surface area (TPSA) is 134 Å². The normalized spacial score (nSPS) is 12.0. The van der Waals surface area contributed by atoms with Crippen molar-refractivity contribution in [3.05, 3.63) is 88.4 Å². The Morgan fingerprint density at radius 2 is 1.81 bits per heavy atom. The first kappa shape index (κ1) is 27.0. The van der Waals surface area contributed by atoms with Crippen molar-refractivity contribution in [3.8, 4) is 5.75 Å². The van der Waals surface area contributed by atoms with Crippen molar-refractivity contribution in [1.82, 2.24) is 4.72 Å². The van der Waals surface area contributed by atoms with Gasteiger partial charge in [-0.05, 0) is 49.2 Å². The van der Waals surface area contributed by atoms with Gasteiger partial charge in [-0.15, -0.1) is 0 Å². The Hall–Kier alpha value is -3.56. The predicted molar refractivity (Wildman–Crippen MR) is 142 cm³/mol. The molecule has 0 aliphatic carbocycles. The number of carbonyl (C=O) groups is 1. The van der Waals surface area contributed by atoms with Crippen LogP contribution in [0.15, 0.2) is 71.6 Å². The van der Waals surface area contributed by atoms with E-state index < -0.39 is 15.9 Å². The van der Waals surface area contributed by atoms with Gasteiger partial charge < -0.3 is 15.8 Å². The molecule has 0 saturated heterocycles. The van der Waals surface area contributed by atoms with Crippen LogP contribution in [0.5, 0.6) is 5.75 Å². The minimum atomic E-state index is -4.06. The highest BCUT2D eigenvalue weighted by atomic mass is 35.5. The van der Waals surface area contributed by atoms with Crippen LogP contribution in [0.25, 0.3) is 0 Å². The van der Waals surface area contributed by atoms with Gasteiger partial charge in [-0.1, -0.05) is 48.0 Å². The quantitative estimate of drug-likeness (QED) is 0.217. The van der Waals surface area contributed by atoms with Crippen molar-refractivity contribution in [2.75, 3.05) is 11.9 Å². The number of ether oxygens (including phenoxy) is 1. The molecule has 1 amide bonds. The lowest BCUT2D eigenvalue weighted by atomic mass is 10.1. The molecule has 1 atom stereocenters. The molecule has 0 spiro atoms. The van der Waals surface area contributed by atoms with E-state index in [0.717, 1.165) is 16.8 Å². The molecule has 36 heavy (non-hydrogen) atoms. The van der Waals surface area contributed by atoms with E-state index >= 15 is 0 Å². The Balaban J connectivity index is 1.54. The van der Waals surface area contributed by atoms with Crippen LogP contribution < -0.4 is 20.5 Å². The maximum atomic E-state index is 12.5. The van der Waals surface area contributed by atoms with Gasteiger partial charge >= 0.3 is 0 Å². The number of carbonyl (C=O) groups excluding carboxylic acids is 1. The predicted octanol–water partition coefficient (Wildman–Crippen LogP) is 4.25. The lowest BCUT2D eigenvalue weighted by Crippen LogP contribution is -2.34. The van der Waals surface area contributed by atoms with Crippen LogP contribution in [-0.2, 0) is 21.2 Å². The molecule has 8 nitrogen and oxygen atoms in total. The Morgan fingerprint density at radius 1 is 1.11 bits per heavy atom. The average Bonchev–Trinajstić information content (AvgIpc) is 2.78. The van der Waals surface area contributed by atoms with Crippen molar-refractivity contribution >= 4 is 39.1 Å². The number of nitrogen functional groups attached to an aromatic ring is 1. The number of hydrogen-bond acceptors (Lipinski definition) is 6. The molecule has 1 unspecified atom stereocenters. The van der Waals surface area contributed by atoms with Crippen LogP contribution in [0, 0.1) is 12.3 Å². The highest BCUT2D eigenvalue weighted by Crippen LogP contribution is 2.23. The summed E-state index contributed by atoms with van der Waals surface area (Å²) in [6.45, 7) is 4.18. The Bertz CT molecular complexity index is 1340. The zero-order chi connectivity index (χ0) is 26.3. The second-order valence-electron chi connectivity index (χ2n) is 8.45. The number of amides is 1. The smallest absolute Gasteiger partial charge is 0.265 e. The summed E-state index contributed by atoms with van der Waals surface area (Å²) in [5.41, 5.74) is 8.96. The van der Waals surface area contributed by atoms with Gasteiger partial charge in [-0.2, -0.15) is 0 Å². The Kier molecular flexibility index (Phi) is 8.95. The van der Waals surface area contributed by atoms with E-state index in [1.807, 2.05) is 49.4 Å². The van der Waals surface area contributed by atoms with Crippen molar-refractivity contribution in [2.45, 2.75) is 37.6 Å². The van der Waals surface area contributed by atoms with Crippen molar-refractivity contribution < 1.29 is 17.9 Å².